The lowest BCUT2D eigenvalue weighted by Crippen LogP contribution is -2.06. The van der Waals surface area contributed by atoms with E-state index < -0.39 is 0 Å². The Labute approximate surface area is 92.1 Å². The van der Waals surface area contributed by atoms with E-state index in [1.165, 1.54) is 11.3 Å². The van der Waals surface area contributed by atoms with Crippen LogP contribution in [0.5, 0.6) is 0 Å². The normalized spacial score (nSPS) is 10.6. The van der Waals surface area contributed by atoms with Crippen molar-refractivity contribution in [3.05, 3.63) is 15.0 Å². The first kappa shape index (κ1) is 11.5. The van der Waals surface area contributed by atoms with E-state index >= 15 is 0 Å². The lowest BCUT2D eigenvalue weighted by molar-refractivity contribution is 0.0530. The third-order valence-electron chi connectivity index (χ3n) is 1.63. The largest absolute Gasteiger partial charge is 0.462 e. The fraction of sp³-hybridized carbons (Fsp3) is 0.556. The molecule has 5 heteroatoms. The average Bonchev–Trinajstić information content (AvgIpc) is 2.48. The number of hydrogen-bond acceptors (Lipinski definition) is 4. The van der Waals surface area contributed by atoms with Crippen molar-refractivity contribution >= 4 is 28.9 Å². The van der Waals surface area contributed by atoms with Gasteiger partial charge in [-0.15, -0.1) is 0 Å². The van der Waals surface area contributed by atoms with Crippen molar-refractivity contribution in [2.75, 3.05) is 6.61 Å². The highest BCUT2D eigenvalue weighted by atomic mass is 35.5. The number of halogens is 1. The van der Waals surface area contributed by atoms with E-state index in [-0.39, 0.29) is 11.9 Å². The van der Waals surface area contributed by atoms with Gasteiger partial charge >= 0.3 is 5.97 Å². The summed E-state index contributed by atoms with van der Waals surface area (Å²) in [6.07, 6.45) is 0. The van der Waals surface area contributed by atoms with Crippen molar-refractivity contribution < 1.29 is 9.53 Å². The van der Waals surface area contributed by atoms with E-state index in [1.54, 1.807) is 6.92 Å². The van der Waals surface area contributed by atoms with Gasteiger partial charge in [-0.25, -0.2) is 9.78 Å². The number of thiazole rings is 1. The molecule has 14 heavy (non-hydrogen) atoms. The first-order chi connectivity index (χ1) is 6.56. The van der Waals surface area contributed by atoms with E-state index in [1.807, 2.05) is 13.8 Å². The maximum atomic E-state index is 11.5. The minimum absolute atomic E-state index is 0.179. The molecular weight excluding hydrogens is 222 g/mol. The second-order valence-corrected chi connectivity index (χ2v) is 4.64. The van der Waals surface area contributed by atoms with Crippen molar-refractivity contribution in [1.82, 2.24) is 4.98 Å². The molecule has 0 atom stereocenters. The van der Waals surface area contributed by atoms with Gasteiger partial charge in [0.1, 0.15) is 4.88 Å². The van der Waals surface area contributed by atoms with Crippen LogP contribution in [0.4, 0.5) is 0 Å². The number of hydrogen-bond donors (Lipinski definition) is 0. The zero-order valence-corrected chi connectivity index (χ0v) is 9.91. The third kappa shape index (κ3) is 2.45. The fourth-order valence-corrected chi connectivity index (χ4v) is 2.20. The van der Waals surface area contributed by atoms with Crippen LogP contribution in [0.15, 0.2) is 0 Å². The lowest BCUT2D eigenvalue weighted by atomic mass is 10.1. The molecule has 1 aromatic heterocycles. The van der Waals surface area contributed by atoms with Gasteiger partial charge in [0.2, 0.25) is 0 Å². The van der Waals surface area contributed by atoms with Crippen LogP contribution in [0.25, 0.3) is 0 Å². The summed E-state index contributed by atoms with van der Waals surface area (Å²) in [6, 6.07) is 0. The van der Waals surface area contributed by atoms with Gasteiger partial charge < -0.3 is 4.74 Å². The smallest absolute Gasteiger partial charge is 0.350 e. The maximum absolute atomic E-state index is 11.5. The topological polar surface area (TPSA) is 39.2 Å². The van der Waals surface area contributed by atoms with Crippen LogP contribution in [0, 0.1) is 0 Å². The van der Waals surface area contributed by atoms with Gasteiger partial charge in [-0.1, -0.05) is 36.8 Å². The van der Waals surface area contributed by atoms with Crippen LogP contribution < -0.4 is 0 Å². The molecular formula is C9H12ClNO2S. The minimum Gasteiger partial charge on any atom is -0.462 e. The molecule has 0 unspecified atom stereocenters. The third-order valence-corrected chi connectivity index (χ3v) is 2.79. The maximum Gasteiger partial charge on any atom is 0.350 e. The standard InChI is InChI=1S/C9H12ClNO2S/c1-4-13-8(12)7-6(5(2)3)11-9(10)14-7/h5H,4H2,1-3H3. The Morgan fingerprint density at radius 2 is 2.29 bits per heavy atom. The molecule has 0 bridgehead atoms. The highest BCUT2D eigenvalue weighted by Crippen LogP contribution is 2.28. The molecule has 0 saturated heterocycles. The summed E-state index contributed by atoms with van der Waals surface area (Å²) in [6.45, 7) is 6.07. The SMILES string of the molecule is CCOC(=O)c1sc(Cl)nc1C(C)C. The molecule has 1 aromatic rings. The Bertz CT molecular complexity index is 336. The Kier molecular flexibility index (Phi) is 3.89. The first-order valence-electron chi connectivity index (χ1n) is 4.39. The van der Waals surface area contributed by atoms with Gasteiger partial charge in [0, 0.05) is 0 Å². The predicted octanol–water partition coefficient (Wildman–Crippen LogP) is 3.10. The summed E-state index contributed by atoms with van der Waals surface area (Å²) < 4.78 is 5.29. The first-order valence-corrected chi connectivity index (χ1v) is 5.59. The van der Waals surface area contributed by atoms with Gasteiger partial charge in [0.25, 0.3) is 0 Å². The zero-order valence-electron chi connectivity index (χ0n) is 8.33. The van der Waals surface area contributed by atoms with Crippen LogP contribution in [-0.2, 0) is 4.74 Å². The molecule has 0 amide bonds. The van der Waals surface area contributed by atoms with Gasteiger partial charge in [-0.05, 0) is 12.8 Å². The highest BCUT2D eigenvalue weighted by molar-refractivity contribution is 7.17. The van der Waals surface area contributed by atoms with Crippen LogP contribution in [0.2, 0.25) is 4.47 Å². The minimum atomic E-state index is -0.333. The van der Waals surface area contributed by atoms with E-state index in [0.29, 0.717) is 16.0 Å². The number of rotatable bonds is 3. The molecule has 0 aromatic carbocycles. The molecule has 78 valence electrons. The van der Waals surface area contributed by atoms with Crippen molar-refractivity contribution in [3.63, 3.8) is 0 Å². The number of nitrogens with zero attached hydrogens (tertiary/aromatic N) is 1. The summed E-state index contributed by atoms with van der Waals surface area (Å²) in [5.41, 5.74) is 0.721. The molecule has 0 aliphatic carbocycles. The average molecular weight is 234 g/mol. The van der Waals surface area contributed by atoms with Crippen LogP contribution >= 0.6 is 22.9 Å². The molecule has 0 fully saturated rings. The number of aromatic nitrogens is 1. The number of carbonyl (C=O) groups excluding carboxylic acids is 1. The van der Waals surface area contributed by atoms with E-state index in [4.69, 9.17) is 16.3 Å². The van der Waals surface area contributed by atoms with Gasteiger partial charge in [-0.3, -0.25) is 0 Å². The van der Waals surface area contributed by atoms with Gasteiger partial charge in [0.05, 0.1) is 12.3 Å². The number of esters is 1. The molecule has 0 radical (unpaired) electrons. The Morgan fingerprint density at radius 3 is 2.79 bits per heavy atom. The monoisotopic (exact) mass is 233 g/mol. The summed E-state index contributed by atoms with van der Waals surface area (Å²) in [7, 11) is 0. The molecule has 1 heterocycles. The quantitative estimate of drug-likeness (QED) is 0.754. The van der Waals surface area contributed by atoms with Crippen molar-refractivity contribution in [2.45, 2.75) is 26.7 Å². The van der Waals surface area contributed by atoms with Gasteiger partial charge in [-0.2, -0.15) is 0 Å². The summed E-state index contributed by atoms with van der Waals surface area (Å²) in [4.78, 5) is 16.1. The zero-order chi connectivity index (χ0) is 10.7. The second-order valence-electron chi connectivity index (χ2n) is 3.06. The molecule has 0 aliphatic rings. The lowest BCUT2D eigenvalue weighted by Gasteiger charge is -2.03. The molecule has 0 spiro atoms. The summed E-state index contributed by atoms with van der Waals surface area (Å²) in [5, 5.41) is 0. The molecule has 0 saturated carbocycles. The summed E-state index contributed by atoms with van der Waals surface area (Å²) >= 11 is 6.92. The molecule has 0 N–H and O–H groups in total. The summed E-state index contributed by atoms with van der Waals surface area (Å²) in [5.74, 6) is -0.154. The molecule has 1 rings (SSSR count). The Hall–Kier alpha value is -0.610. The number of ether oxygens (including phenoxy) is 1. The fourth-order valence-electron chi connectivity index (χ4n) is 1.04. The van der Waals surface area contributed by atoms with Crippen LogP contribution in [-0.4, -0.2) is 17.6 Å². The second kappa shape index (κ2) is 4.75. The van der Waals surface area contributed by atoms with E-state index in [0.717, 1.165) is 5.69 Å². The molecule has 0 aliphatic heterocycles. The van der Waals surface area contributed by atoms with Crippen LogP contribution in [0.1, 0.15) is 42.1 Å². The highest BCUT2D eigenvalue weighted by Gasteiger charge is 2.20. The van der Waals surface area contributed by atoms with Crippen molar-refractivity contribution in [2.24, 2.45) is 0 Å². The van der Waals surface area contributed by atoms with E-state index in [2.05, 4.69) is 4.98 Å². The molecule has 3 nitrogen and oxygen atoms in total. The van der Waals surface area contributed by atoms with E-state index in [9.17, 15) is 4.79 Å². The number of carbonyl (C=O) groups is 1. The Morgan fingerprint density at radius 1 is 1.64 bits per heavy atom. The van der Waals surface area contributed by atoms with Crippen molar-refractivity contribution in [3.8, 4) is 0 Å². The van der Waals surface area contributed by atoms with Gasteiger partial charge in [0.15, 0.2) is 4.47 Å². The predicted molar refractivity (Wildman–Crippen MR) is 57.2 cm³/mol. The van der Waals surface area contributed by atoms with Crippen molar-refractivity contribution in [1.29, 1.82) is 0 Å². The Balaban J connectivity index is 3.00. The van der Waals surface area contributed by atoms with Crippen LogP contribution in [0.3, 0.4) is 0 Å².